The molecule has 3 nitrogen and oxygen atoms in total. The summed E-state index contributed by atoms with van der Waals surface area (Å²) in [6.45, 7) is 9.29. The SMILES string of the molecule is C=CCCC(=O)N1CC[C@H](C2CCN(CCc3ccccc3)CC2)C1. The van der Waals surface area contributed by atoms with Crippen molar-refractivity contribution in [2.75, 3.05) is 32.7 Å². The van der Waals surface area contributed by atoms with Gasteiger partial charge >= 0.3 is 0 Å². The number of likely N-dealkylation sites (tertiary alicyclic amines) is 2. The van der Waals surface area contributed by atoms with Gasteiger partial charge in [-0.1, -0.05) is 36.4 Å². The molecule has 0 spiro atoms. The van der Waals surface area contributed by atoms with Gasteiger partial charge in [0.2, 0.25) is 5.91 Å². The molecular formula is C22H32N2O. The van der Waals surface area contributed by atoms with Crippen LogP contribution < -0.4 is 0 Å². The van der Waals surface area contributed by atoms with E-state index in [0.717, 1.165) is 37.8 Å². The number of carbonyl (C=O) groups excluding carboxylic acids is 1. The van der Waals surface area contributed by atoms with Crippen LogP contribution in [0.1, 0.15) is 37.7 Å². The highest BCUT2D eigenvalue weighted by Gasteiger charge is 2.33. The fourth-order valence-corrected chi connectivity index (χ4v) is 4.36. The summed E-state index contributed by atoms with van der Waals surface area (Å²) in [5.41, 5.74) is 1.44. The summed E-state index contributed by atoms with van der Waals surface area (Å²) in [4.78, 5) is 16.9. The fourth-order valence-electron chi connectivity index (χ4n) is 4.36. The van der Waals surface area contributed by atoms with Gasteiger partial charge in [0.1, 0.15) is 0 Å². The number of hydrogen-bond donors (Lipinski definition) is 0. The molecule has 0 aliphatic carbocycles. The topological polar surface area (TPSA) is 23.6 Å². The molecule has 0 unspecified atom stereocenters. The molecule has 136 valence electrons. The lowest BCUT2D eigenvalue weighted by Gasteiger charge is -2.34. The number of nitrogens with zero attached hydrogens (tertiary/aromatic N) is 2. The molecule has 0 radical (unpaired) electrons. The predicted octanol–water partition coefficient (Wildman–Crippen LogP) is 3.76. The molecule has 1 aromatic carbocycles. The lowest BCUT2D eigenvalue weighted by molar-refractivity contribution is -0.130. The Morgan fingerprint density at radius 2 is 1.80 bits per heavy atom. The summed E-state index contributed by atoms with van der Waals surface area (Å²) in [7, 11) is 0. The number of carbonyl (C=O) groups is 1. The second kappa shape index (κ2) is 9.19. The van der Waals surface area contributed by atoms with Crippen LogP contribution in [-0.2, 0) is 11.2 Å². The summed E-state index contributed by atoms with van der Waals surface area (Å²) in [6, 6.07) is 10.8. The molecule has 2 fully saturated rings. The van der Waals surface area contributed by atoms with Crippen LogP contribution in [0.5, 0.6) is 0 Å². The van der Waals surface area contributed by atoms with E-state index in [0.29, 0.717) is 12.3 Å². The molecule has 3 rings (SSSR count). The largest absolute Gasteiger partial charge is 0.342 e. The molecule has 2 aliphatic rings. The van der Waals surface area contributed by atoms with Crippen LogP contribution in [0.25, 0.3) is 0 Å². The Bertz CT molecular complexity index is 548. The summed E-state index contributed by atoms with van der Waals surface area (Å²) < 4.78 is 0. The van der Waals surface area contributed by atoms with Crippen molar-refractivity contribution in [3.8, 4) is 0 Å². The molecule has 3 heteroatoms. The average Bonchev–Trinajstić information content (AvgIpc) is 3.16. The van der Waals surface area contributed by atoms with Crippen molar-refractivity contribution in [1.82, 2.24) is 9.80 Å². The minimum atomic E-state index is 0.322. The summed E-state index contributed by atoms with van der Waals surface area (Å²) >= 11 is 0. The molecule has 0 aromatic heterocycles. The Morgan fingerprint density at radius 3 is 2.52 bits per heavy atom. The van der Waals surface area contributed by atoms with Gasteiger partial charge in [-0.05, 0) is 62.6 Å². The van der Waals surface area contributed by atoms with E-state index in [1.54, 1.807) is 0 Å². The van der Waals surface area contributed by atoms with E-state index < -0.39 is 0 Å². The van der Waals surface area contributed by atoms with E-state index in [1.807, 2.05) is 6.08 Å². The van der Waals surface area contributed by atoms with Gasteiger partial charge in [0.05, 0.1) is 0 Å². The van der Waals surface area contributed by atoms with Gasteiger partial charge in [-0.15, -0.1) is 6.58 Å². The smallest absolute Gasteiger partial charge is 0.222 e. The van der Waals surface area contributed by atoms with Crippen LogP contribution in [0, 0.1) is 11.8 Å². The number of rotatable bonds is 7. The normalized spacial score (nSPS) is 22.2. The minimum absolute atomic E-state index is 0.322. The lowest BCUT2D eigenvalue weighted by Crippen LogP contribution is -2.38. The summed E-state index contributed by atoms with van der Waals surface area (Å²) in [6.07, 6.45) is 8.24. The van der Waals surface area contributed by atoms with Crippen LogP contribution in [0.3, 0.4) is 0 Å². The Morgan fingerprint density at radius 1 is 1.08 bits per heavy atom. The zero-order valence-corrected chi connectivity index (χ0v) is 15.4. The van der Waals surface area contributed by atoms with Gasteiger partial charge in [0, 0.05) is 26.1 Å². The van der Waals surface area contributed by atoms with E-state index in [2.05, 4.69) is 46.7 Å². The average molecular weight is 341 g/mol. The first-order valence-corrected chi connectivity index (χ1v) is 9.91. The van der Waals surface area contributed by atoms with E-state index in [1.165, 1.54) is 44.5 Å². The lowest BCUT2D eigenvalue weighted by atomic mass is 9.83. The maximum Gasteiger partial charge on any atom is 0.222 e. The Kier molecular flexibility index (Phi) is 6.69. The Hall–Kier alpha value is -1.61. The van der Waals surface area contributed by atoms with Crippen LogP contribution >= 0.6 is 0 Å². The van der Waals surface area contributed by atoms with Gasteiger partial charge < -0.3 is 9.80 Å². The summed E-state index contributed by atoms with van der Waals surface area (Å²) in [5.74, 6) is 1.86. The standard InChI is InChI=1S/C22H32N2O/c1-2-3-9-22(25)24-17-13-21(18-24)20-11-15-23(16-12-20)14-10-19-7-5-4-6-8-19/h2,4-8,20-21H,1,3,9-18H2/t21-/m0/s1. The molecule has 1 atom stereocenters. The second-order valence-electron chi connectivity index (χ2n) is 7.63. The molecule has 1 aromatic rings. The molecular weight excluding hydrogens is 308 g/mol. The first kappa shape index (κ1) is 18.2. The highest BCUT2D eigenvalue weighted by atomic mass is 16.2. The first-order valence-electron chi connectivity index (χ1n) is 9.91. The Labute approximate surface area is 152 Å². The third-order valence-corrected chi connectivity index (χ3v) is 6.00. The first-order chi connectivity index (χ1) is 12.3. The molecule has 0 bridgehead atoms. The van der Waals surface area contributed by atoms with E-state index in [4.69, 9.17) is 0 Å². The number of amides is 1. The third kappa shape index (κ3) is 5.18. The van der Waals surface area contributed by atoms with Gasteiger partial charge in [0.25, 0.3) is 0 Å². The number of hydrogen-bond acceptors (Lipinski definition) is 2. The molecule has 25 heavy (non-hydrogen) atoms. The predicted molar refractivity (Wildman–Crippen MR) is 103 cm³/mol. The van der Waals surface area contributed by atoms with Gasteiger partial charge in [-0.25, -0.2) is 0 Å². The number of benzene rings is 1. The van der Waals surface area contributed by atoms with Crippen molar-refractivity contribution < 1.29 is 4.79 Å². The van der Waals surface area contributed by atoms with E-state index in [-0.39, 0.29) is 0 Å². The quantitative estimate of drug-likeness (QED) is 0.706. The number of allylic oxidation sites excluding steroid dienone is 1. The van der Waals surface area contributed by atoms with Crippen molar-refractivity contribution in [1.29, 1.82) is 0 Å². The summed E-state index contributed by atoms with van der Waals surface area (Å²) in [5, 5.41) is 0. The van der Waals surface area contributed by atoms with Crippen molar-refractivity contribution in [3.05, 3.63) is 48.6 Å². The van der Waals surface area contributed by atoms with Crippen LogP contribution in [-0.4, -0.2) is 48.4 Å². The van der Waals surface area contributed by atoms with Gasteiger partial charge in [-0.3, -0.25) is 4.79 Å². The highest BCUT2D eigenvalue weighted by molar-refractivity contribution is 5.76. The highest BCUT2D eigenvalue weighted by Crippen LogP contribution is 2.32. The minimum Gasteiger partial charge on any atom is -0.342 e. The Balaban J connectivity index is 1.38. The van der Waals surface area contributed by atoms with Gasteiger partial charge in [-0.2, -0.15) is 0 Å². The maximum atomic E-state index is 12.2. The molecule has 0 N–H and O–H groups in total. The third-order valence-electron chi connectivity index (χ3n) is 6.00. The van der Waals surface area contributed by atoms with Crippen molar-refractivity contribution >= 4 is 5.91 Å². The van der Waals surface area contributed by atoms with Crippen LogP contribution in [0.4, 0.5) is 0 Å². The molecule has 2 saturated heterocycles. The van der Waals surface area contributed by atoms with E-state index >= 15 is 0 Å². The zero-order chi connectivity index (χ0) is 17.5. The van der Waals surface area contributed by atoms with Crippen LogP contribution in [0.2, 0.25) is 0 Å². The zero-order valence-electron chi connectivity index (χ0n) is 15.4. The van der Waals surface area contributed by atoms with Crippen molar-refractivity contribution in [2.24, 2.45) is 11.8 Å². The number of piperidine rings is 1. The van der Waals surface area contributed by atoms with Crippen molar-refractivity contribution in [2.45, 2.75) is 38.5 Å². The molecule has 2 aliphatic heterocycles. The van der Waals surface area contributed by atoms with E-state index in [9.17, 15) is 4.79 Å². The monoisotopic (exact) mass is 340 g/mol. The van der Waals surface area contributed by atoms with Crippen LogP contribution in [0.15, 0.2) is 43.0 Å². The molecule has 2 heterocycles. The molecule has 0 saturated carbocycles. The second-order valence-corrected chi connectivity index (χ2v) is 7.63. The maximum absolute atomic E-state index is 12.2. The van der Waals surface area contributed by atoms with Gasteiger partial charge in [0.15, 0.2) is 0 Å². The molecule has 1 amide bonds. The van der Waals surface area contributed by atoms with Crippen molar-refractivity contribution in [3.63, 3.8) is 0 Å². The fraction of sp³-hybridized carbons (Fsp3) is 0.591.